The predicted octanol–water partition coefficient (Wildman–Crippen LogP) is 2.18. The van der Waals surface area contributed by atoms with Crippen molar-refractivity contribution in [2.45, 2.75) is 6.92 Å². The number of hydrogen-bond acceptors (Lipinski definition) is 5. The van der Waals surface area contributed by atoms with Gasteiger partial charge in [-0.2, -0.15) is 0 Å². The number of hydrogen-bond donors (Lipinski definition) is 1. The van der Waals surface area contributed by atoms with Crippen LogP contribution in [0, 0.1) is 0 Å². The van der Waals surface area contributed by atoms with Crippen molar-refractivity contribution in [1.82, 2.24) is 19.8 Å². The molecule has 0 saturated carbocycles. The molecule has 1 N–H and O–H groups in total. The second-order valence-electron chi connectivity index (χ2n) is 5.70. The summed E-state index contributed by atoms with van der Waals surface area (Å²) in [6.45, 7) is 3.62. The number of benzene rings is 1. The maximum atomic E-state index is 12.6. The minimum absolute atomic E-state index is 0.0298. The molecule has 0 atom stereocenters. The Balaban J connectivity index is 1.69. The summed E-state index contributed by atoms with van der Waals surface area (Å²) in [5.74, 6) is 0.192. The van der Waals surface area contributed by atoms with Crippen molar-refractivity contribution in [1.29, 1.82) is 0 Å². The Labute approximate surface area is 150 Å². The number of rotatable bonds is 3. The minimum atomic E-state index is -0.167. The molecule has 7 nitrogen and oxygen atoms in total. The van der Waals surface area contributed by atoms with Gasteiger partial charge >= 0.3 is 0 Å². The number of piperazine rings is 1. The Bertz CT molecular complexity index is 790. The SMILES string of the molecule is CC(=O)N1CCN(C(=O)c2ccnc(Nc3cccc(Cl)c3)n2)CC1. The Morgan fingerprint density at radius 3 is 2.52 bits per heavy atom. The van der Waals surface area contributed by atoms with Crippen molar-refractivity contribution in [2.75, 3.05) is 31.5 Å². The minimum Gasteiger partial charge on any atom is -0.339 e. The Kier molecular flexibility index (Phi) is 5.14. The van der Waals surface area contributed by atoms with Crippen molar-refractivity contribution < 1.29 is 9.59 Å². The lowest BCUT2D eigenvalue weighted by molar-refractivity contribution is -0.130. The highest BCUT2D eigenvalue weighted by atomic mass is 35.5. The van der Waals surface area contributed by atoms with Crippen molar-refractivity contribution in [3.8, 4) is 0 Å². The number of nitrogens with one attached hydrogen (secondary N) is 1. The largest absolute Gasteiger partial charge is 0.339 e. The molecule has 1 aliphatic heterocycles. The van der Waals surface area contributed by atoms with Gasteiger partial charge in [-0.15, -0.1) is 0 Å². The summed E-state index contributed by atoms with van der Waals surface area (Å²) < 4.78 is 0. The van der Waals surface area contributed by atoms with Gasteiger partial charge in [-0.05, 0) is 24.3 Å². The van der Waals surface area contributed by atoms with Gasteiger partial charge in [-0.25, -0.2) is 9.97 Å². The van der Waals surface area contributed by atoms with Crippen LogP contribution in [0.3, 0.4) is 0 Å². The third-order valence-corrected chi connectivity index (χ3v) is 4.20. The van der Waals surface area contributed by atoms with Crippen LogP contribution in [0.2, 0.25) is 5.02 Å². The first kappa shape index (κ1) is 17.2. The number of carbonyl (C=O) groups excluding carboxylic acids is 2. The first-order chi connectivity index (χ1) is 12.0. The lowest BCUT2D eigenvalue weighted by Crippen LogP contribution is -2.50. The zero-order valence-corrected chi connectivity index (χ0v) is 14.5. The van der Waals surface area contributed by atoms with Crippen LogP contribution < -0.4 is 5.32 Å². The number of carbonyl (C=O) groups is 2. The molecule has 2 amide bonds. The smallest absolute Gasteiger partial charge is 0.272 e. The normalized spacial score (nSPS) is 14.3. The van der Waals surface area contributed by atoms with Crippen LogP contribution in [0.15, 0.2) is 36.5 Å². The monoisotopic (exact) mass is 359 g/mol. The molecule has 8 heteroatoms. The molecular weight excluding hydrogens is 342 g/mol. The van der Waals surface area contributed by atoms with Gasteiger partial charge in [0.1, 0.15) is 5.69 Å². The van der Waals surface area contributed by atoms with Gasteiger partial charge in [0.05, 0.1) is 0 Å². The van der Waals surface area contributed by atoms with Gasteiger partial charge in [0.15, 0.2) is 0 Å². The number of halogens is 1. The molecule has 25 heavy (non-hydrogen) atoms. The molecule has 1 fully saturated rings. The maximum absolute atomic E-state index is 12.6. The molecule has 1 aromatic carbocycles. The topological polar surface area (TPSA) is 78.4 Å². The second kappa shape index (κ2) is 7.48. The highest BCUT2D eigenvalue weighted by Gasteiger charge is 2.24. The first-order valence-corrected chi connectivity index (χ1v) is 8.31. The molecule has 0 bridgehead atoms. The molecule has 2 heterocycles. The van der Waals surface area contributed by atoms with Gasteiger partial charge in [0.25, 0.3) is 5.91 Å². The van der Waals surface area contributed by atoms with Crippen LogP contribution in [0.25, 0.3) is 0 Å². The van der Waals surface area contributed by atoms with E-state index in [0.717, 1.165) is 5.69 Å². The van der Waals surface area contributed by atoms with E-state index in [0.29, 0.717) is 42.8 Å². The van der Waals surface area contributed by atoms with Crippen molar-refractivity contribution in [2.24, 2.45) is 0 Å². The van der Waals surface area contributed by atoms with Gasteiger partial charge in [0, 0.05) is 50.0 Å². The van der Waals surface area contributed by atoms with Gasteiger partial charge in [-0.3, -0.25) is 9.59 Å². The average Bonchev–Trinajstić information content (AvgIpc) is 2.61. The van der Waals surface area contributed by atoms with E-state index in [1.54, 1.807) is 34.2 Å². The zero-order valence-electron chi connectivity index (χ0n) is 13.8. The van der Waals surface area contributed by atoms with Crippen molar-refractivity contribution >= 4 is 35.1 Å². The fourth-order valence-electron chi connectivity index (χ4n) is 2.62. The van der Waals surface area contributed by atoms with E-state index < -0.39 is 0 Å². The lowest BCUT2D eigenvalue weighted by atomic mass is 10.2. The number of nitrogens with zero attached hydrogens (tertiary/aromatic N) is 4. The van der Waals surface area contributed by atoms with Crippen LogP contribution in [0.4, 0.5) is 11.6 Å². The van der Waals surface area contributed by atoms with Crippen LogP contribution >= 0.6 is 11.6 Å². The third kappa shape index (κ3) is 4.24. The van der Waals surface area contributed by atoms with Crippen LogP contribution in [-0.4, -0.2) is 57.8 Å². The third-order valence-electron chi connectivity index (χ3n) is 3.97. The summed E-state index contributed by atoms with van der Waals surface area (Å²) >= 11 is 5.96. The molecule has 0 spiro atoms. The molecule has 0 radical (unpaired) electrons. The summed E-state index contributed by atoms with van der Waals surface area (Å²) in [5, 5.41) is 3.63. The van der Waals surface area contributed by atoms with E-state index in [9.17, 15) is 9.59 Å². The molecule has 0 aliphatic carbocycles. The average molecular weight is 360 g/mol. The molecule has 1 aliphatic rings. The van der Waals surface area contributed by atoms with Crippen LogP contribution in [-0.2, 0) is 4.79 Å². The molecular formula is C17H18ClN5O2. The molecule has 130 valence electrons. The van der Waals surface area contributed by atoms with E-state index in [4.69, 9.17) is 11.6 Å². The molecule has 0 unspecified atom stereocenters. The van der Waals surface area contributed by atoms with Gasteiger partial charge in [-0.1, -0.05) is 17.7 Å². The number of anilines is 2. The van der Waals surface area contributed by atoms with E-state index in [-0.39, 0.29) is 11.8 Å². The molecule has 1 aromatic heterocycles. The van der Waals surface area contributed by atoms with Crippen LogP contribution in [0.5, 0.6) is 0 Å². The summed E-state index contributed by atoms with van der Waals surface area (Å²) in [7, 11) is 0. The zero-order chi connectivity index (χ0) is 17.8. The van der Waals surface area contributed by atoms with Crippen molar-refractivity contribution in [3.63, 3.8) is 0 Å². The summed E-state index contributed by atoms with van der Waals surface area (Å²) in [6.07, 6.45) is 1.54. The highest BCUT2D eigenvalue weighted by molar-refractivity contribution is 6.30. The summed E-state index contributed by atoms with van der Waals surface area (Å²) in [5.41, 5.74) is 1.06. The molecule has 3 rings (SSSR count). The predicted molar refractivity (Wildman–Crippen MR) is 94.9 cm³/mol. The Morgan fingerprint density at radius 2 is 1.84 bits per heavy atom. The molecule has 1 saturated heterocycles. The standard InChI is InChI=1S/C17H18ClN5O2/c1-12(24)22-7-9-23(10-8-22)16(25)15-5-6-19-17(21-15)20-14-4-2-3-13(18)11-14/h2-6,11H,7-10H2,1H3,(H,19,20,21). The van der Waals surface area contributed by atoms with E-state index in [1.165, 1.54) is 6.92 Å². The first-order valence-electron chi connectivity index (χ1n) is 7.93. The Morgan fingerprint density at radius 1 is 1.12 bits per heavy atom. The number of aromatic nitrogens is 2. The fraction of sp³-hybridized carbons (Fsp3) is 0.294. The summed E-state index contributed by atoms with van der Waals surface area (Å²) in [4.78, 5) is 35.8. The van der Waals surface area contributed by atoms with E-state index in [2.05, 4.69) is 15.3 Å². The highest BCUT2D eigenvalue weighted by Crippen LogP contribution is 2.18. The fourth-order valence-corrected chi connectivity index (χ4v) is 2.81. The molecule has 2 aromatic rings. The van der Waals surface area contributed by atoms with E-state index in [1.807, 2.05) is 12.1 Å². The van der Waals surface area contributed by atoms with Gasteiger partial charge in [0.2, 0.25) is 11.9 Å². The van der Waals surface area contributed by atoms with Gasteiger partial charge < -0.3 is 15.1 Å². The van der Waals surface area contributed by atoms with Crippen molar-refractivity contribution in [3.05, 3.63) is 47.2 Å². The Hall–Kier alpha value is -2.67. The van der Waals surface area contributed by atoms with E-state index >= 15 is 0 Å². The lowest BCUT2D eigenvalue weighted by Gasteiger charge is -2.34. The number of amides is 2. The summed E-state index contributed by atoms with van der Waals surface area (Å²) in [6, 6.07) is 8.76. The maximum Gasteiger partial charge on any atom is 0.272 e. The van der Waals surface area contributed by atoms with Crippen LogP contribution in [0.1, 0.15) is 17.4 Å². The quantitative estimate of drug-likeness (QED) is 0.908. The second-order valence-corrected chi connectivity index (χ2v) is 6.14.